The second-order valence-corrected chi connectivity index (χ2v) is 13.7. The number of rotatable bonds is 10. The zero-order valence-corrected chi connectivity index (χ0v) is 29.3. The van der Waals surface area contributed by atoms with Crippen LogP contribution >= 0.6 is 35.6 Å². The third-order valence-electron chi connectivity index (χ3n) is 9.96. The molecule has 46 heavy (non-hydrogen) atoms. The van der Waals surface area contributed by atoms with Crippen molar-refractivity contribution in [1.29, 1.82) is 0 Å². The minimum absolute atomic E-state index is 0. The van der Waals surface area contributed by atoms with Crippen molar-refractivity contribution < 1.29 is 9.59 Å². The first-order chi connectivity index (χ1) is 21.7. The molecule has 2 fully saturated rings. The van der Waals surface area contributed by atoms with Gasteiger partial charge >= 0.3 is 6.03 Å². The molecule has 2 aliphatic heterocycles. The van der Waals surface area contributed by atoms with Crippen LogP contribution in [0.25, 0.3) is 0 Å². The number of halogens is 3. The molecular weight excluding hydrogens is 639 g/mol. The molecule has 3 aromatic carbocycles. The number of likely N-dealkylation sites (N-methyl/N-ethyl adjacent to an activating group) is 1. The summed E-state index contributed by atoms with van der Waals surface area (Å²) < 4.78 is 0. The fourth-order valence-corrected chi connectivity index (χ4v) is 7.76. The molecule has 2 saturated heterocycles. The van der Waals surface area contributed by atoms with Crippen LogP contribution in [0.3, 0.4) is 0 Å². The molecule has 3 aromatic rings. The van der Waals surface area contributed by atoms with E-state index in [1.54, 1.807) is 0 Å². The summed E-state index contributed by atoms with van der Waals surface area (Å²) in [4.78, 5) is 32.6. The Kier molecular flexibility index (Phi) is 12.8. The molecule has 3 amide bonds. The van der Waals surface area contributed by atoms with Crippen LogP contribution in [0.15, 0.2) is 78.9 Å². The standard InChI is InChI=1S/C37H46Cl2N4O2.ClH/c1-3-40-35(45)41(2)27-37(30-14-8-5-9-15-30)20-24-42(25-21-37)22-10-18-36(31-16-17-32(38)33(39)26-31)19-11-23-43(28-36)34(44)29-12-6-4-7-13-29;/h4-9,12-17,26H,3,10-11,18-25,27-28H2,1-2H3,(H,40,45);1H. The van der Waals surface area contributed by atoms with Gasteiger partial charge in [-0.1, -0.05) is 77.8 Å². The van der Waals surface area contributed by atoms with Crippen LogP contribution in [0, 0.1) is 0 Å². The second-order valence-electron chi connectivity index (χ2n) is 12.9. The molecule has 1 unspecified atom stereocenters. The van der Waals surface area contributed by atoms with Crippen molar-refractivity contribution in [2.45, 2.75) is 56.3 Å². The predicted octanol–water partition coefficient (Wildman–Crippen LogP) is 8.06. The van der Waals surface area contributed by atoms with Gasteiger partial charge in [0.25, 0.3) is 5.91 Å². The molecule has 0 saturated carbocycles. The van der Waals surface area contributed by atoms with E-state index >= 15 is 0 Å². The van der Waals surface area contributed by atoms with Crippen molar-refractivity contribution >= 4 is 47.5 Å². The number of nitrogens with one attached hydrogen (secondary N) is 1. The first kappa shape index (κ1) is 36.1. The molecule has 0 bridgehead atoms. The Labute approximate surface area is 290 Å². The lowest BCUT2D eigenvalue weighted by Gasteiger charge is -2.45. The maximum absolute atomic E-state index is 13.5. The van der Waals surface area contributed by atoms with E-state index in [1.807, 2.05) is 66.2 Å². The van der Waals surface area contributed by atoms with Crippen LogP contribution in [0.1, 0.15) is 66.9 Å². The summed E-state index contributed by atoms with van der Waals surface area (Å²) in [5, 5.41) is 4.06. The molecule has 1 N–H and O–H groups in total. The van der Waals surface area contributed by atoms with Crippen molar-refractivity contribution in [3.63, 3.8) is 0 Å². The van der Waals surface area contributed by atoms with Crippen LogP contribution in [0.4, 0.5) is 4.79 Å². The van der Waals surface area contributed by atoms with E-state index in [4.69, 9.17) is 23.2 Å². The normalized spacial score (nSPS) is 19.6. The summed E-state index contributed by atoms with van der Waals surface area (Å²) in [6, 6.07) is 26.3. The van der Waals surface area contributed by atoms with E-state index in [-0.39, 0.29) is 35.2 Å². The molecule has 0 spiro atoms. The number of likely N-dealkylation sites (tertiary alicyclic amines) is 2. The molecule has 0 radical (unpaired) electrons. The van der Waals surface area contributed by atoms with Gasteiger partial charge in [0.15, 0.2) is 0 Å². The van der Waals surface area contributed by atoms with Gasteiger partial charge in [-0.25, -0.2) is 4.79 Å². The summed E-state index contributed by atoms with van der Waals surface area (Å²) in [6.45, 7) is 7.66. The molecule has 2 heterocycles. The van der Waals surface area contributed by atoms with E-state index in [1.165, 1.54) is 5.56 Å². The number of benzene rings is 3. The van der Waals surface area contributed by atoms with E-state index in [0.29, 0.717) is 29.7 Å². The quantitative estimate of drug-likeness (QED) is 0.235. The zero-order chi connectivity index (χ0) is 31.9. The topological polar surface area (TPSA) is 55.9 Å². The van der Waals surface area contributed by atoms with Gasteiger partial charge in [0, 0.05) is 49.6 Å². The van der Waals surface area contributed by atoms with Crippen LogP contribution in [-0.4, -0.2) is 79.5 Å². The molecule has 1 atom stereocenters. The number of piperidine rings is 2. The Morgan fingerprint density at radius 3 is 2.17 bits per heavy atom. The number of hydrogen-bond acceptors (Lipinski definition) is 3. The van der Waals surface area contributed by atoms with E-state index < -0.39 is 0 Å². The van der Waals surface area contributed by atoms with Crippen molar-refractivity contribution in [3.8, 4) is 0 Å². The highest BCUT2D eigenvalue weighted by molar-refractivity contribution is 6.42. The number of hydrogen-bond donors (Lipinski definition) is 1. The lowest BCUT2D eigenvalue weighted by atomic mass is 9.70. The smallest absolute Gasteiger partial charge is 0.317 e. The SMILES string of the molecule is CCNC(=O)N(C)CC1(c2ccccc2)CCN(CCCC2(c3ccc(Cl)c(Cl)c3)CCCN(C(=O)c3ccccc3)C2)CC1.Cl. The number of carbonyl (C=O) groups is 2. The van der Waals surface area contributed by atoms with Crippen molar-refractivity contribution in [2.75, 3.05) is 52.9 Å². The minimum atomic E-state index is -0.185. The van der Waals surface area contributed by atoms with Crippen molar-refractivity contribution in [1.82, 2.24) is 20.0 Å². The van der Waals surface area contributed by atoms with Gasteiger partial charge in [-0.2, -0.15) is 0 Å². The summed E-state index contributed by atoms with van der Waals surface area (Å²) in [5.41, 5.74) is 2.95. The van der Waals surface area contributed by atoms with Gasteiger partial charge in [-0.05, 0) is 100 Å². The second kappa shape index (κ2) is 16.4. The lowest BCUT2D eigenvalue weighted by molar-refractivity contribution is 0.0616. The van der Waals surface area contributed by atoms with Gasteiger partial charge in [0.2, 0.25) is 0 Å². The number of urea groups is 1. The minimum Gasteiger partial charge on any atom is -0.338 e. The van der Waals surface area contributed by atoms with Crippen LogP contribution in [0.2, 0.25) is 10.0 Å². The Balaban J connectivity index is 0.00000480. The largest absolute Gasteiger partial charge is 0.338 e. The first-order valence-electron chi connectivity index (χ1n) is 16.3. The Hall–Kier alpha value is -2.77. The van der Waals surface area contributed by atoms with E-state index in [9.17, 15) is 9.59 Å². The highest BCUT2D eigenvalue weighted by Crippen LogP contribution is 2.42. The zero-order valence-electron chi connectivity index (χ0n) is 27.0. The molecule has 0 aliphatic carbocycles. The Morgan fingerprint density at radius 2 is 1.52 bits per heavy atom. The van der Waals surface area contributed by atoms with E-state index in [2.05, 4.69) is 46.6 Å². The molecule has 2 aliphatic rings. The van der Waals surface area contributed by atoms with Gasteiger partial charge in [0.05, 0.1) is 10.0 Å². The maximum atomic E-state index is 13.5. The van der Waals surface area contributed by atoms with Crippen molar-refractivity contribution in [2.24, 2.45) is 0 Å². The maximum Gasteiger partial charge on any atom is 0.317 e. The summed E-state index contributed by atoms with van der Waals surface area (Å²) >= 11 is 12.9. The lowest BCUT2D eigenvalue weighted by Crippen LogP contribution is -2.51. The monoisotopic (exact) mass is 684 g/mol. The van der Waals surface area contributed by atoms with Crippen LogP contribution in [-0.2, 0) is 10.8 Å². The van der Waals surface area contributed by atoms with Gasteiger partial charge in [-0.15, -0.1) is 12.4 Å². The average Bonchev–Trinajstić information content (AvgIpc) is 3.07. The van der Waals surface area contributed by atoms with Gasteiger partial charge < -0.3 is 20.0 Å². The summed E-state index contributed by atoms with van der Waals surface area (Å²) in [5.74, 6) is 0.0885. The van der Waals surface area contributed by atoms with Crippen LogP contribution < -0.4 is 5.32 Å². The Morgan fingerprint density at radius 1 is 0.848 bits per heavy atom. The number of nitrogens with zero attached hydrogens (tertiary/aromatic N) is 3. The van der Waals surface area contributed by atoms with E-state index in [0.717, 1.165) is 75.8 Å². The Bertz CT molecular complexity index is 1430. The fourth-order valence-electron chi connectivity index (χ4n) is 7.47. The number of amides is 3. The number of carbonyl (C=O) groups excluding carboxylic acids is 2. The molecule has 0 aromatic heterocycles. The van der Waals surface area contributed by atoms with Gasteiger partial charge in [-0.3, -0.25) is 4.79 Å². The molecule has 248 valence electrons. The predicted molar refractivity (Wildman–Crippen MR) is 192 cm³/mol. The van der Waals surface area contributed by atoms with Crippen LogP contribution in [0.5, 0.6) is 0 Å². The first-order valence-corrected chi connectivity index (χ1v) is 17.1. The highest BCUT2D eigenvalue weighted by atomic mass is 35.5. The third-order valence-corrected chi connectivity index (χ3v) is 10.7. The third kappa shape index (κ3) is 8.38. The molecule has 6 nitrogen and oxygen atoms in total. The average molecular weight is 686 g/mol. The van der Waals surface area contributed by atoms with Crippen molar-refractivity contribution in [3.05, 3.63) is 106 Å². The molecule has 9 heteroatoms. The molecular formula is C37H47Cl3N4O2. The highest BCUT2D eigenvalue weighted by Gasteiger charge is 2.40. The summed E-state index contributed by atoms with van der Waals surface area (Å²) in [6.07, 6.45) is 5.93. The molecule has 5 rings (SSSR count). The fraction of sp³-hybridized carbons (Fsp3) is 0.459. The summed E-state index contributed by atoms with van der Waals surface area (Å²) in [7, 11) is 1.90. The van der Waals surface area contributed by atoms with Gasteiger partial charge in [0.1, 0.15) is 0 Å².